The fourth-order valence-corrected chi connectivity index (χ4v) is 3.22. The number of hydrogen-bond acceptors (Lipinski definition) is 9. The van der Waals surface area contributed by atoms with Gasteiger partial charge in [0, 0.05) is 18.8 Å². The Bertz CT molecular complexity index is 1170. The molecule has 172 valence electrons. The molecule has 1 aliphatic rings. The Morgan fingerprint density at radius 3 is 2.55 bits per heavy atom. The van der Waals surface area contributed by atoms with E-state index >= 15 is 0 Å². The summed E-state index contributed by atoms with van der Waals surface area (Å²) < 4.78 is 29.4. The number of nitrogens with two attached hydrogens (primary N) is 1. The Morgan fingerprint density at radius 1 is 1.21 bits per heavy atom. The van der Waals surface area contributed by atoms with Crippen LogP contribution in [0.15, 0.2) is 36.5 Å². The molecule has 3 heterocycles. The summed E-state index contributed by atoms with van der Waals surface area (Å²) in [6.45, 7) is 1.35. The van der Waals surface area contributed by atoms with Crippen molar-refractivity contribution in [3.8, 4) is 22.6 Å². The molecule has 1 amide bonds. The van der Waals surface area contributed by atoms with Gasteiger partial charge in [-0.05, 0) is 37.3 Å². The fourth-order valence-electron chi connectivity index (χ4n) is 3.22. The first-order valence-electron chi connectivity index (χ1n) is 9.91. The number of nitrogens with one attached hydrogen (secondary N) is 2. The highest BCUT2D eigenvalue weighted by Crippen LogP contribution is 2.36. The van der Waals surface area contributed by atoms with Crippen LogP contribution in [-0.2, 0) is 19.0 Å². The molecule has 0 radical (unpaired) electrons. The van der Waals surface area contributed by atoms with E-state index in [0.717, 1.165) is 0 Å². The highest BCUT2D eigenvalue weighted by molar-refractivity contribution is 5.87. The van der Waals surface area contributed by atoms with Crippen LogP contribution in [0, 0.1) is 11.2 Å². The van der Waals surface area contributed by atoms with E-state index in [0.29, 0.717) is 34.4 Å². The Hall–Kier alpha value is -3.90. The maximum absolute atomic E-state index is 13.5. The van der Waals surface area contributed by atoms with E-state index in [1.165, 1.54) is 19.1 Å². The summed E-state index contributed by atoms with van der Waals surface area (Å²) in [6, 6.07) is 7.55. The molecular weight excluding hydrogens is 435 g/mol. The number of hydrogen-bond donors (Lipinski definition) is 3. The number of anilines is 1. The minimum absolute atomic E-state index is 0.0941. The first-order valence-corrected chi connectivity index (χ1v) is 9.91. The van der Waals surface area contributed by atoms with Gasteiger partial charge in [0.2, 0.25) is 12.2 Å². The van der Waals surface area contributed by atoms with E-state index in [9.17, 15) is 14.0 Å². The lowest BCUT2D eigenvalue weighted by Crippen LogP contribution is -2.45. The van der Waals surface area contributed by atoms with E-state index in [1.807, 2.05) is 0 Å². The summed E-state index contributed by atoms with van der Waals surface area (Å²) in [5.74, 6) is -0.500. The number of amides is 1. The van der Waals surface area contributed by atoms with E-state index in [4.69, 9.17) is 15.2 Å². The highest BCUT2D eigenvalue weighted by Gasteiger charge is 2.43. The number of halogens is 1. The summed E-state index contributed by atoms with van der Waals surface area (Å²) in [5.41, 5.74) is 5.93. The van der Waals surface area contributed by atoms with Crippen molar-refractivity contribution in [3.05, 3.63) is 48.2 Å². The summed E-state index contributed by atoms with van der Waals surface area (Å²) in [4.78, 5) is 39.4. The smallest absolute Gasteiger partial charge is 0.376 e. The van der Waals surface area contributed by atoms with Crippen molar-refractivity contribution in [2.75, 3.05) is 25.6 Å². The van der Waals surface area contributed by atoms with Gasteiger partial charge in [-0.3, -0.25) is 4.79 Å². The van der Waals surface area contributed by atoms with Crippen LogP contribution in [0.2, 0.25) is 0 Å². The number of primary amides is 1. The van der Waals surface area contributed by atoms with Gasteiger partial charge in [-0.25, -0.2) is 24.1 Å². The molecule has 0 unspecified atom stereocenters. The second-order valence-corrected chi connectivity index (χ2v) is 7.59. The maximum Gasteiger partial charge on any atom is 0.412 e. The van der Waals surface area contributed by atoms with Crippen LogP contribution in [0.25, 0.3) is 22.6 Å². The molecule has 3 aromatic rings. The minimum atomic E-state index is -1.21. The molecular formula is C21H21FN6O5. The number of carbonyl (C=O) groups excluding carboxylic acids is 2. The Kier molecular flexibility index (Phi) is 6.03. The van der Waals surface area contributed by atoms with Gasteiger partial charge < -0.3 is 30.2 Å². The topological polar surface area (TPSA) is 154 Å². The molecule has 0 aliphatic carbocycles. The van der Waals surface area contributed by atoms with Crippen molar-refractivity contribution in [1.29, 1.82) is 0 Å². The zero-order valence-electron chi connectivity index (χ0n) is 17.8. The standard InChI is InChI=1S/C21H21FN6O5/c1-21(18(29)33-19(23)30)9-31-17(32-10-21)16-27-14(11-3-5-12(22)6-4-11)15(28-16)13-7-8-25-20(24-2)26-13/h3-8,17H,9-10H2,1-2H3,(H2,23,30)(H,27,28)(H,24,25,26). The molecule has 0 bridgehead atoms. The molecule has 0 spiro atoms. The molecule has 11 nitrogen and oxygen atoms in total. The number of ether oxygens (including phenoxy) is 3. The molecule has 1 saturated heterocycles. The number of rotatable bonds is 5. The minimum Gasteiger partial charge on any atom is -0.376 e. The van der Waals surface area contributed by atoms with Crippen LogP contribution in [0.3, 0.4) is 0 Å². The number of aromatic nitrogens is 4. The van der Waals surface area contributed by atoms with E-state index in [2.05, 4.69) is 30.0 Å². The Morgan fingerprint density at radius 2 is 1.91 bits per heavy atom. The number of nitrogens with zero attached hydrogens (tertiary/aromatic N) is 3. The van der Waals surface area contributed by atoms with E-state index in [1.54, 1.807) is 31.4 Å². The number of carbonyl (C=O) groups is 2. The molecule has 1 aromatic carbocycles. The SMILES string of the molecule is CNc1nccc(-c2[nH]c(C3OCC(C)(C(=O)OC(N)=O)CO3)nc2-c2ccc(F)cc2)n1. The Balaban J connectivity index is 1.65. The number of aromatic amines is 1. The van der Waals surface area contributed by atoms with Gasteiger partial charge in [-0.15, -0.1) is 0 Å². The summed E-state index contributed by atoms with van der Waals surface area (Å²) >= 11 is 0. The van der Waals surface area contributed by atoms with Gasteiger partial charge in [0.1, 0.15) is 11.2 Å². The molecule has 1 fully saturated rings. The van der Waals surface area contributed by atoms with Crippen LogP contribution in [0.5, 0.6) is 0 Å². The predicted molar refractivity (Wildman–Crippen MR) is 113 cm³/mol. The third kappa shape index (κ3) is 4.66. The average molecular weight is 456 g/mol. The van der Waals surface area contributed by atoms with Gasteiger partial charge in [-0.2, -0.15) is 0 Å². The van der Waals surface area contributed by atoms with Gasteiger partial charge in [-0.1, -0.05) is 0 Å². The summed E-state index contributed by atoms with van der Waals surface area (Å²) in [5, 5.41) is 2.87. The third-order valence-corrected chi connectivity index (χ3v) is 4.99. The van der Waals surface area contributed by atoms with Crippen molar-refractivity contribution in [2.24, 2.45) is 11.1 Å². The molecule has 33 heavy (non-hydrogen) atoms. The van der Waals surface area contributed by atoms with Crippen molar-refractivity contribution >= 4 is 18.0 Å². The van der Waals surface area contributed by atoms with Crippen molar-refractivity contribution in [3.63, 3.8) is 0 Å². The largest absolute Gasteiger partial charge is 0.412 e. The lowest BCUT2D eigenvalue weighted by Gasteiger charge is -2.34. The quantitative estimate of drug-likeness (QED) is 0.388. The highest BCUT2D eigenvalue weighted by atomic mass is 19.1. The second kappa shape index (κ2) is 8.92. The Labute approximate surface area is 187 Å². The normalized spacial score (nSPS) is 20.3. The van der Waals surface area contributed by atoms with Crippen LogP contribution < -0.4 is 11.1 Å². The van der Waals surface area contributed by atoms with Crippen molar-refractivity contribution in [2.45, 2.75) is 13.2 Å². The van der Waals surface area contributed by atoms with Crippen molar-refractivity contribution in [1.82, 2.24) is 19.9 Å². The van der Waals surface area contributed by atoms with Crippen LogP contribution in [0.4, 0.5) is 15.1 Å². The number of imidazole rings is 1. The molecule has 2 aromatic heterocycles. The lowest BCUT2D eigenvalue weighted by molar-refractivity contribution is -0.236. The fraction of sp³-hybridized carbons (Fsp3) is 0.286. The average Bonchev–Trinajstić information content (AvgIpc) is 3.25. The molecule has 12 heteroatoms. The van der Waals surface area contributed by atoms with Crippen LogP contribution in [-0.4, -0.2) is 52.3 Å². The lowest BCUT2D eigenvalue weighted by atomic mass is 9.92. The first kappa shape index (κ1) is 22.3. The molecule has 0 atom stereocenters. The van der Waals surface area contributed by atoms with Crippen LogP contribution in [0.1, 0.15) is 19.0 Å². The van der Waals surface area contributed by atoms with Crippen molar-refractivity contribution < 1.29 is 28.2 Å². The zero-order valence-corrected chi connectivity index (χ0v) is 17.8. The molecule has 4 rings (SSSR count). The first-order chi connectivity index (χ1) is 15.8. The van der Waals surface area contributed by atoms with E-state index < -0.39 is 23.8 Å². The number of benzene rings is 1. The maximum atomic E-state index is 13.5. The van der Waals surface area contributed by atoms with Crippen LogP contribution >= 0.6 is 0 Å². The molecule has 1 aliphatic heterocycles. The van der Waals surface area contributed by atoms with Gasteiger partial charge in [0.05, 0.1) is 30.3 Å². The number of esters is 1. The molecule has 4 N–H and O–H groups in total. The van der Waals surface area contributed by atoms with E-state index in [-0.39, 0.29) is 19.0 Å². The second-order valence-electron chi connectivity index (χ2n) is 7.59. The zero-order chi connectivity index (χ0) is 23.6. The number of H-pyrrole nitrogens is 1. The van der Waals surface area contributed by atoms with Gasteiger partial charge in [0.25, 0.3) is 0 Å². The third-order valence-electron chi connectivity index (χ3n) is 4.99. The predicted octanol–water partition coefficient (Wildman–Crippen LogP) is 2.39. The van der Waals surface area contributed by atoms with Gasteiger partial charge in [0.15, 0.2) is 5.82 Å². The monoisotopic (exact) mass is 456 g/mol. The summed E-state index contributed by atoms with van der Waals surface area (Å²) in [7, 11) is 1.70. The van der Waals surface area contributed by atoms with Gasteiger partial charge >= 0.3 is 12.1 Å². The molecule has 0 saturated carbocycles. The summed E-state index contributed by atoms with van der Waals surface area (Å²) in [6.07, 6.45) is -0.543.